The Balaban J connectivity index is 2.54. The number of nitrogens with two attached hydrogens (primary N) is 1. The summed E-state index contributed by atoms with van der Waals surface area (Å²) in [7, 11) is 1.68. The molecule has 0 radical (unpaired) electrons. The van der Waals surface area contributed by atoms with E-state index < -0.39 is 28.1 Å². The fourth-order valence-electron chi connectivity index (χ4n) is 4.90. The number of fused-ring (bicyclic) bond motifs is 2. The topological polar surface area (TPSA) is 136 Å². The van der Waals surface area contributed by atoms with E-state index in [9.17, 15) is 20.6 Å². The zero-order chi connectivity index (χ0) is 20.1. The molecule has 1 spiro atoms. The van der Waals surface area contributed by atoms with E-state index in [2.05, 4.69) is 0 Å². The zero-order valence-corrected chi connectivity index (χ0v) is 15.3. The first-order chi connectivity index (χ1) is 12.9. The molecule has 8 nitrogen and oxygen atoms in total. The molecule has 0 saturated heterocycles. The number of para-hydroxylation sites is 1. The quantitative estimate of drug-likeness (QED) is 0.773. The smallest absolute Gasteiger partial charge is 0.266 e. The molecule has 1 aliphatic heterocycles. The molecule has 1 fully saturated rings. The third-order valence-electron chi connectivity index (χ3n) is 5.76. The van der Waals surface area contributed by atoms with E-state index >= 15 is 0 Å². The van der Waals surface area contributed by atoms with Gasteiger partial charge in [-0.3, -0.25) is 4.79 Å². The number of ether oxygens (including phenoxy) is 2. The minimum absolute atomic E-state index is 0.160. The third kappa shape index (κ3) is 1.52. The number of anilines is 1. The van der Waals surface area contributed by atoms with Crippen LogP contribution in [0.25, 0.3) is 0 Å². The van der Waals surface area contributed by atoms with Gasteiger partial charge >= 0.3 is 0 Å². The summed E-state index contributed by atoms with van der Waals surface area (Å²) in [5.41, 5.74) is 0.800. The highest BCUT2D eigenvalue weighted by Crippen LogP contribution is 2.85. The molecule has 1 amide bonds. The summed E-state index contributed by atoms with van der Waals surface area (Å²) in [5.74, 6) is -2.77. The monoisotopic (exact) mass is 365 g/mol. The van der Waals surface area contributed by atoms with Gasteiger partial charge in [0.2, 0.25) is 5.91 Å². The fraction of sp³-hybridized carbons (Fsp3) is 0.474. The molecule has 1 aromatic carbocycles. The van der Waals surface area contributed by atoms with Gasteiger partial charge in [0.05, 0.1) is 18.2 Å². The van der Waals surface area contributed by atoms with Crippen molar-refractivity contribution in [2.24, 2.45) is 16.6 Å². The number of nitrogens with zero attached hydrogens (tertiary/aromatic N) is 4. The normalized spacial score (nSPS) is 28.7. The summed E-state index contributed by atoms with van der Waals surface area (Å²) in [6, 6.07) is 12.7. The van der Waals surface area contributed by atoms with Crippen molar-refractivity contribution in [2.45, 2.75) is 25.2 Å². The van der Waals surface area contributed by atoms with Gasteiger partial charge in [-0.2, -0.15) is 15.8 Å². The average molecular weight is 365 g/mol. The molecule has 1 saturated carbocycles. The molecule has 138 valence electrons. The van der Waals surface area contributed by atoms with Crippen LogP contribution in [0, 0.1) is 44.8 Å². The highest BCUT2D eigenvalue weighted by atomic mass is 16.7. The Labute approximate surface area is 157 Å². The van der Waals surface area contributed by atoms with E-state index in [1.807, 2.05) is 18.2 Å². The SMILES string of the molecule is CCOC1(OCC)N(C)c2ccccc2C12C(C#N)(C#N)C2(C#N)C(N)=O. The standard InChI is InChI=1S/C19H19N5O3/c1-4-26-19(27-5-2)18(13-8-6-7-9-14(13)24(19)3)16(10-20,11-21)17(18,12-22)15(23)25/h6-9H,4-5H2,1-3H3,(H2,23,25). The van der Waals surface area contributed by atoms with Crippen molar-refractivity contribution < 1.29 is 14.3 Å². The van der Waals surface area contributed by atoms with Crippen molar-refractivity contribution >= 4 is 11.6 Å². The number of likely N-dealkylation sites (N-methyl/N-ethyl adjacent to an activating group) is 1. The van der Waals surface area contributed by atoms with Gasteiger partial charge in [-0.1, -0.05) is 18.2 Å². The second-order valence-electron chi connectivity index (χ2n) is 6.47. The summed E-state index contributed by atoms with van der Waals surface area (Å²) in [4.78, 5) is 14.2. The molecule has 3 rings (SSSR count). The molecule has 8 heteroatoms. The summed E-state index contributed by atoms with van der Waals surface area (Å²) in [6.07, 6.45) is 0. The maximum atomic E-state index is 12.6. The van der Waals surface area contributed by atoms with Crippen molar-refractivity contribution in [1.29, 1.82) is 15.8 Å². The second-order valence-corrected chi connectivity index (χ2v) is 6.47. The largest absolute Gasteiger partial charge is 0.368 e. The Morgan fingerprint density at radius 1 is 1.11 bits per heavy atom. The maximum Gasteiger partial charge on any atom is 0.266 e. The maximum absolute atomic E-state index is 12.6. The number of rotatable bonds is 5. The van der Waals surface area contributed by atoms with Crippen LogP contribution >= 0.6 is 0 Å². The summed E-state index contributed by atoms with van der Waals surface area (Å²) < 4.78 is 12.0. The lowest BCUT2D eigenvalue weighted by Gasteiger charge is -2.41. The first-order valence-electron chi connectivity index (χ1n) is 8.54. The third-order valence-corrected chi connectivity index (χ3v) is 5.76. The summed E-state index contributed by atoms with van der Waals surface area (Å²) in [5, 5.41) is 30.1. The van der Waals surface area contributed by atoms with Crippen LogP contribution in [-0.2, 0) is 19.7 Å². The van der Waals surface area contributed by atoms with Crippen molar-refractivity contribution in [3.63, 3.8) is 0 Å². The number of benzene rings is 1. The number of carbonyl (C=O) groups is 1. The molecule has 1 heterocycles. The van der Waals surface area contributed by atoms with Gasteiger partial charge in [0.15, 0.2) is 10.8 Å². The fourth-order valence-corrected chi connectivity index (χ4v) is 4.90. The van der Waals surface area contributed by atoms with Crippen molar-refractivity contribution in [2.75, 3.05) is 25.2 Å². The minimum atomic E-state index is -2.13. The number of carbonyl (C=O) groups excluding carboxylic acids is 1. The van der Waals surface area contributed by atoms with Gasteiger partial charge in [-0.25, -0.2) is 0 Å². The van der Waals surface area contributed by atoms with Crippen molar-refractivity contribution in [3.05, 3.63) is 29.8 Å². The Morgan fingerprint density at radius 3 is 2.07 bits per heavy atom. The Bertz CT molecular complexity index is 920. The van der Waals surface area contributed by atoms with Crippen LogP contribution in [0.5, 0.6) is 0 Å². The molecule has 1 aliphatic carbocycles. The molecule has 2 unspecified atom stereocenters. The van der Waals surface area contributed by atoms with Crippen LogP contribution in [0.4, 0.5) is 5.69 Å². The zero-order valence-electron chi connectivity index (χ0n) is 15.3. The summed E-state index contributed by atoms with van der Waals surface area (Å²) in [6.45, 7) is 3.78. The van der Waals surface area contributed by atoms with E-state index in [1.54, 1.807) is 50.1 Å². The van der Waals surface area contributed by atoms with Gasteiger partial charge in [0.25, 0.3) is 5.91 Å². The number of hydrogen-bond acceptors (Lipinski definition) is 7. The highest BCUT2D eigenvalue weighted by Gasteiger charge is 3.03. The molecule has 0 aromatic heterocycles. The molecule has 0 bridgehead atoms. The Kier molecular flexibility index (Phi) is 3.93. The van der Waals surface area contributed by atoms with Crippen LogP contribution in [0.15, 0.2) is 24.3 Å². The van der Waals surface area contributed by atoms with E-state index in [-0.39, 0.29) is 13.2 Å². The van der Waals surface area contributed by atoms with Gasteiger partial charge in [-0.05, 0) is 25.5 Å². The van der Waals surface area contributed by atoms with Crippen LogP contribution in [0.1, 0.15) is 19.4 Å². The molecular weight excluding hydrogens is 346 g/mol. The van der Waals surface area contributed by atoms with Crippen molar-refractivity contribution in [1.82, 2.24) is 0 Å². The average Bonchev–Trinajstić information content (AvgIpc) is 3.18. The van der Waals surface area contributed by atoms with Crippen molar-refractivity contribution in [3.8, 4) is 18.2 Å². The first kappa shape index (κ1) is 18.7. The Hall–Kier alpha value is -3.12. The predicted molar refractivity (Wildman–Crippen MR) is 93.4 cm³/mol. The molecule has 2 atom stereocenters. The van der Waals surface area contributed by atoms with Crippen LogP contribution in [0.2, 0.25) is 0 Å². The van der Waals surface area contributed by atoms with Gasteiger partial charge in [-0.15, -0.1) is 0 Å². The molecule has 2 aliphatic rings. The van der Waals surface area contributed by atoms with E-state index in [1.165, 1.54) is 0 Å². The molecule has 2 N–H and O–H groups in total. The highest BCUT2D eigenvalue weighted by molar-refractivity contribution is 5.99. The second kappa shape index (κ2) is 5.69. The number of nitriles is 3. The number of hydrogen-bond donors (Lipinski definition) is 1. The van der Waals surface area contributed by atoms with Gasteiger partial charge in [0.1, 0.15) is 5.41 Å². The molecular formula is C19H19N5O3. The minimum Gasteiger partial charge on any atom is -0.368 e. The van der Waals surface area contributed by atoms with Crippen LogP contribution < -0.4 is 10.6 Å². The van der Waals surface area contributed by atoms with Gasteiger partial charge < -0.3 is 20.1 Å². The van der Waals surface area contributed by atoms with E-state index in [4.69, 9.17) is 15.2 Å². The first-order valence-corrected chi connectivity index (χ1v) is 8.54. The lowest BCUT2D eigenvalue weighted by Crippen LogP contribution is -2.59. The lowest BCUT2D eigenvalue weighted by atomic mass is 9.83. The predicted octanol–water partition coefficient (Wildman–Crippen LogP) is 1.14. The number of amides is 1. The van der Waals surface area contributed by atoms with Crippen LogP contribution in [-0.4, -0.2) is 32.1 Å². The summed E-state index contributed by atoms with van der Waals surface area (Å²) >= 11 is 0. The molecule has 27 heavy (non-hydrogen) atoms. The van der Waals surface area contributed by atoms with Gasteiger partial charge in [0, 0.05) is 25.9 Å². The van der Waals surface area contributed by atoms with E-state index in [0.717, 1.165) is 0 Å². The number of primary amides is 1. The van der Waals surface area contributed by atoms with Crippen LogP contribution in [0.3, 0.4) is 0 Å². The molecule has 1 aromatic rings. The Morgan fingerprint density at radius 2 is 1.67 bits per heavy atom. The van der Waals surface area contributed by atoms with E-state index in [0.29, 0.717) is 11.3 Å². The lowest BCUT2D eigenvalue weighted by molar-refractivity contribution is -0.253.